The molecule has 0 bridgehead atoms. The molecular formula is C17H35IN4O3. The number of likely N-dealkylation sites (tertiary alicyclic amines) is 1. The number of ether oxygens (including phenoxy) is 2. The van der Waals surface area contributed by atoms with Crippen LogP contribution in [0.15, 0.2) is 4.99 Å². The number of rotatable bonds is 9. The van der Waals surface area contributed by atoms with Crippen molar-refractivity contribution < 1.29 is 14.3 Å². The van der Waals surface area contributed by atoms with Gasteiger partial charge >= 0.3 is 5.97 Å². The van der Waals surface area contributed by atoms with Crippen molar-refractivity contribution in [2.75, 3.05) is 66.6 Å². The zero-order valence-corrected chi connectivity index (χ0v) is 18.5. The van der Waals surface area contributed by atoms with Crippen LogP contribution in [-0.2, 0) is 14.3 Å². The molecule has 1 N–H and O–H groups in total. The van der Waals surface area contributed by atoms with E-state index in [4.69, 9.17) is 14.5 Å². The molecule has 0 aliphatic carbocycles. The number of nitrogens with one attached hydrogen (secondary N) is 1. The average molecular weight is 470 g/mol. The first kappa shape index (κ1) is 24.4. The first-order chi connectivity index (χ1) is 11.6. The Hall–Kier alpha value is -0.610. The molecule has 1 unspecified atom stereocenters. The zero-order valence-electron chi connectivity index (χ0n) is 16.1. The van der Waals surface area contributed by atoms with E-state index in [0.29, 0.717) is 13.2 Å². The zero-order chi connectivity index (χ0) is 17.8. The maximum Gasteiger partial charge on any atom is 0.310 e. The smallest absolute Gasteiger partial charge is 0.310 e. The van der Waals surface area contributed by atoms with E-state index < -0.39 is 0 Å². The van der Waals surface area contributed by atoms with Crippen LogP contribution in [-0.4, -0.2) is 88.4 Å². The van der Waals surface area contributed by atoms with Gasteiger partial charge < -0.3 is 24.6 Å². The summed E-state index contributed by atoms with van der Waals surface area (Å²) in [7, 11) is 3.78. The molecule has 0 aromatic heterocycles. The minimum Gasteiger partial charge on any atom is -0.466 e. The Morgan fingerprint density at radius 2 is 2.12 bits per heavy atom. The standard InChI is InChI=1S/C17H34N4O3.HI/c1-5-18-17(19-9-11-20(3)12-13-23-4)21-10-7-8-15(14-21)16(22)24-6-2;/h15H,5-14H2,1-4H3,(H,18,19);1H. The Morgan fingerprint density at radius 3 is 2.76 bits per heavy atom. The van der Waals surface area contributed by atoms with E-state index in [1.54, 1.807) is 7.11 Å². The fraction of sp³-hybridized carbons (Fsp3) is 0.882. The second-order valence-electron chi connectivity index (χ2n) is 6.07. The summed E-state index contributed by atoms with van der Waals surface area (Å²) >= 11 is 0. The summed E-state index contributed by atoms with van der Waals surface area (Å²) in [4.78, 5) is 21.1. The number of carbonyl (C=O) groups is 1. The number of aliphatic imine (C=N–C) groups is 1. The van der Waals surface area contributed by atoms with Crippen LogP contribution in [0.25, 0.3) is 0 Å². The molecule has 1 heterocycles. The summed E-state index contributed by atoms with van der Waals surface area (Å²) in [6.07, 6.45) is 1.89. The predicted molar refractivity (Wildman–Crippen MR) is 112 cm³/mol. The van der Waals surface area contributed by atoms with E-state index in [2.05, 4.69) is 29.1 Å². The number of carbonyl (C=O) groups excluding carboxylic acids is 1. The normalized spacial score (nSPS) is 18.0. The Morgan fingerprint density at radius 1 is 1.36 bits per heavy atom. The van der Waals surface area contributed by atoms with Crippen LogP contribution >= 0.6 is 24.0 Å². The SMILES string of the molecule is CCNC(=NCCN(C)CCOC)N1CCCC(C(=O)OCC)C1.I. The van der Waals surface area contributed by atoms with Crippen molar-refractivity contribution in [2.45, 2.75) is 26.7 Å². The summed E-state index contributed by atoms with van der Waals surface area (Å²) < 4.78 is 10.3. The average Bonchev–Trinajstić information content (AvgIpc) is 2.59. The molecule has 1 saturated heterocycles. The third-order valence-electron chi connectivity index (χ3n) is 4.10. The first-order valence-corrected chi connectivity index (χ1v) is 8.99. The van der Waals surface area contributed by atoms with Gasteiger partial charge in [-0.3, -0.25) is 9.79 Å². The van der Waals surface area contributed by atoms with Gasteiger partial charge in [0, 0.05) is 39.8 Å². The maximum absolute atomic E-state index is 12.0. The summed E-state index contributed by atoms with van der Waals surface area (Å²) in [6.45, 7) is 10.0. The molecule has 1 aliphatic rings. The Bertz CT molecular complexity index is 396. The molecule has 1 atom stereocenters. The summed E-state index contributed by atoms with van der Waals surface area (Å²) in [6, 6.07) is 0. The van der Waals surface area contributed by atoms with Crippen LogP contribution in [0.3, 0.4) is 0 Å². The molecule has 0 saturated carbocycles. The van der Waals surface area contributed by atoms with Gasteiger partial charge in [0.25, 0.3) is 0 Å². The maximum atomic E-state index is 12.0. The van der Waals surface area contributed by atoms with Crippen LogP contribution in [0.4, 0.5) is 0 Å². The van der Waals surface area contributed by atoms with Crippen LogP contribution in [0.5, 0.6) is 0 Å². The van der Waals surface area contributed by atoms with Crippen molar-refractivity contribution in [1.29, 1.82) is 0 Å². The van der Waals surface area contributed by atoms with Gasteiger partial charge in [0.05, 0.1) is 25.7 Å². The third-order valence-corrected chi connectivity index (χ3v) is 4.10. The van der Waals surface area contributed by atoms with E-state index in [0.717, 1.165) is 58.1 Å². The molecule has 0 aromatic carbocycles. The van der Waals surface area contributed by atoms with Gasteiger partial charge in [-0.25, -0.2) is 0 Å². The molecule has 0 amide bonds. The number of likely N-dealkylation sites (N-methyl/N-ethyl adjacent to an activating group) is 1. The summed E-state index contributed by atoms with van der Waals surface area (Å²) in [5.41, 5.74) is 0. The second kappa shape index (κ2) is 14.5. The van der Waals surface area contributed by atoms with Crippen molar-refractivity contribution >= 4 is 35.9 Å². The van der Waals surface area contributed by atoms with Gasteiger partial charge in [0.1, 0.15) is 0 Å². The monoisotopic (exact) mass is 470 g/mol. The number of hydrogen-bond acceptors (Lipinski definition) is 5. The van der Waals surface area contributed by atoms with Crippen LogP contribution in [0, 0.1) is 5.92 Å². The Labute approximate surface area is 169 Å². The number of esters is 1. The van der Waals surface area contributed by atoms with Crippen molar-refractivity contribution in [3.8, 4) is 0 Å². The van der Waals surface area contributed by atoms with Crippen molar-refractivity contribution in [1.82, 2.24) is 15.1 Å². The molecule has 0 spiro atoms. The van der Waals surface area contributed by atoms with E-state index in [-0.39, 0.29) is 35.9 Å². The third kappa shape index (κ3) is 9.60. The van der Waals surface area contributed by atoms with Crippen LogP contribution in [0.1, 0.15) is 26.7 Å². The Balaban J connectivity index is 0.00000576. The lowest BCUT2D eigenvalue weighted by Gasteiger charge is -2.34. The van der Waals surface area contributed by atoms with Gasteiger partial charge in [0.15, 0.2) is 5.96 Å². The fourth-order valence-corrected chi connectivity index (χ4v) is 2.73. The number of halogens is 1. The number of methoxy groups -OCH3 is 1. The molecule has 1 rings (SSSR count). The fourth-order valence-electron chi connectivity index (χ4n) is 2.73. The topological polar surface area (TPSA) is 66.4 Å². The van der Waals surface area contributed by atoms with Gasteiger partial charge in [0.2, 0.25) is 0 Å². The first-order valence-electron chi connectivity index (χ1n) is 8.99. The molecule has 0 radical (unpaired) electrons. The van der Waals surface area contributed by atoms with E-state index in [1.807, 2.05) is 6.92 Å². The van der Waals surface area contributed by atoms with Crippen molar-refractivity contribution in [3.05, 3.63) is 0 Å². The van der Waals surface area contributed by atoms with E-state index in [1.165, 1.54) is 0 Å². The van der Waals surface area contributed by atoms with Gasteiger partial charge in [-0.15, -0.1) is 24.0 Å². The van der Waals surface area contributed by atoms with Gasteiger partial charge in [-0.2, -0.15) is 0 Å². The highest BCUT2D eigenvalue weighted by Crippen LogP contribution is 2.18. The second-order valence-corrected chi connectivity index (χ2v) is 6.07. The molecule has 0 aromatic rings. The van der Waals surface area contributed by atoms with Gasteiger partial charge in [-0.1, -0.05) is 0 Å². The van der Waals surface area contributed by atoms with Crippen LogP contribution < -0.4 is 5.32 Å². The molecule has 1 fully saturated rings. The lowest BCUT2D eigenvalue weighted by molar-refractivity contribution is -0.149. The van der Waals surface area contributed by atoms with Crippen molar-refractivity contribution in [3.63, 3.8) is 0 Å². The molecule has 148 valence electrons. The summed E-state index contributed by atoms with van der Waals surface area (Å²) in [5.74, 6) is 0.760. The minimum atomic E-state index is -0.0858. The predicted octanol–water partition coefficient (Wildman–Crippen LogP) is 1.42. The van der Waals surface area contributed by atoms with Crippen molar-refractivity contribution in [2.24, 2.45) is 10.9 Å². The number of guanidine groups is 1. The molecule has 1 aliphatic heterocycles. The molecule has 8 heteroatoms. The quantitative estimate of drug-likeness (QED) is 0.238. The van der Waals surface area contributed by atoms with Crippen LogP contribution in [0.2, 0.25) is 0 Å². The highest BCUT2D eigenvalue weighted by molar-refractivity contribution is 14.0. The molecule has 25 heavy (non-hydrogen) atoms. The minimum absolute atomic E-state index is 0. The largest absolute Gasteiger partial charge is 0.466 e. The highest BCUT2D eigenvalue weighted by Gasteiger charge is 2.28. The summed E-state index contributed by atoms with van der Waals surface area (Å²) in [5, 5.41) is 3.34. The lowest BCUT2D eigenvalue weighted by atomic mass is 9.98. The van der Waals surface area contributed by atoms with Gasteiger partial charge in [-0.05, 0) is 33.7 Å². The number of piperidine rings is 1. The number of nitrogens with zero attached hydrogens (tertiary/aromatic N) is 3. The Kier molecular flexibility index (Phi) is 14.2. The highest BCUT2D eigenvalue weighted by atomic mass is 127. The molecule has 7 nitrogen and oxygen atoms in total. The molecular weight excluding hydrogens is 435 g/mol. The van der Waals surface area contributed by atoms with E-state index in [9.17, 15) is 4.79 Å². The lowest BCUT2D eigenvalue weighted by Crippen LogP contribution is -2.48. The number of hydrogen-bond donors (Lipinski definition) is 1. The van der Waals surface area contributed by atoms with E-state index >= 15 is 0 Å².